The second-order valence-electron chi connectivity index (χ2n) is 7.66. The molecule has 1 saturated carbocycles. The highest BCUT2D eigenvalue weighted by atomic mass is 19.1. The van der Waals surface area contributed by atoms with Crippen LogP contribution in [-0.2, 0) is 4.74 Å². The number of nitrogens with zero attached hydrogens (tertiary/aromatic N) is 5. The number of hydrogen-bond donors (Lipinski definition) is 0. The maximum absolute atomic E-state index is 14.4. The van der Waals surface area contributed by atoms with Crippen LogP contribution in [0.5, 0.6) is 0 Å². The minimum absolute atomic E-state index is 0.168. The van der Waals surface area contributed by atoms with Crippen LogP contribution in [0.2, 0.25) is 0 Å². The van der Waals surface area contributed by atoms with Crippen LogP contribution in [0.1, 0.15) is 35.8 Å². The Morgan fingerprint density at radius 3 is 2.45 bits per heavy atom. The van der Waals surface area contributed by atoms with Crippen molar-refractivity contribution in [3.8, 4) is 11.6 Å². The molecule has 29 heavy (non-hydrogen) atoms. The van der Waals surface area contributed by atoms with E-state index in [4.69, 9.17) is 4.74 Å². The van der Waals surface area contributed by atoms with Crippen LogP contribution in [0.15, 0.2) is 49.1 Å². The predicted octanol–water partition coefficient (Wildman–Crippen LogP) is 3.57. The molecule has 2 unspecified atom stereocenters. The number of rotatable bonds is 5. The topological polar surface area (TPSA) is 64.0 Å². The standard InChI is InChI=1S/C22H22FN5O/c1-29-16-5-8-28(13-16)20-9-14(3-4-19(20)23)17-10-18(17)15-11-26-22(27-12-15)21-24-6-2-7-25-21/h2-4,6-7,9,11-12,16-18H,5,8,10,13H2,1H3/t16-,17?,18?/m1/s1. The fourth-order valence-corrected chi connectivity index (χ4v) is 4.13. The van der Waals surface area contributed by atoms with E-state index in [2.05, 4.69) is 24.8 Å². The first-order valence-corrected chi connectivity index (χ1v) is 9.89. The predicted molar refractivity (Wildman–Crippen MR) is 107 cm³/mol. The number of methoxy groups -OCH3 is 1. The molecule has 0 spiro atoms. The van der Waals surface area contributed by atoms with Crippen LogP contribution in [0.3, 0.4) is 0 Å². The first-order chi connectivity index (χ1) is 14.2. The molecule has 2 aliphatic rings. The third-order valence-electron chi connectivity index (χ3n) is 5.87. The van der Waals surface area contributed by atoms with Crippen LogP contribution in [0.25, 0.3) is 11.6 Å². The number of anilines is 1. The van der Waals surface area contributed by atoms with Crippen molar-refractivity contribution in [2.75, 3.05) is 25.1 Å². The van der Waals surface area contributed by atoms with Gasteiger partial charge in [0.1, 0.15) is 5.82 Å². The van der Waals surface area contributed by atoms with Crippen LogP contribution in [0, 0.1) is 5.82 Å². The molecule has 0 bridgehead atoms. The van der Waals surface area contributed by atoms with E-state index in [-0.39, 0.29) is 11.9 Å². The van der Waals surface area contributed by atoms with E-state index in [1.165, 1.54) is 5.56 Å². The molecule has 0 N–H and O–H groups in total. The molecular weight excluding hydrogens is 369 g/mol. The summed E-state index contributed by atoms with van der Waals surface area (Å²) in [5, 5.41) is 0. The van der Waals surface area contributed by atoms with Crippen molar-refractivity contribution in [2.45, 2.75) is 30.8 Å². The molecule has 1 aliphatic carbocycles. The average Bonchev–Trinajstić information content (AvgIpc) is 3.43. The zero-order valence-corrected chi connectivity index (χ0v) is 16.2. The summed E-state index contributed by atoms with van der Waals surface area (Å²) in [7, 11) is 1.72. The Balaban J connectivity index is 1.32. The monoisotopic (exact) mass is 391 g/mol. The summed E-state index contributed by atoms with van der Waals surface area (Å²) in [6, 6.07) is 7.26. The highest BCUT2D eigenvalue weighted by Gasteiger charge is 2.40. The Morgan fingerprint density at radius 2 is 1.72 bits per heavy atom. The molecule has 6 nitrogen and oxygen atoms in total. The first kappa shape index (κ1) is 18.1. The van der Waals surface area contributed by atoms with Crippen molar-refractivity contribution >= 4 is 5.69 Å². The van der Waals surface area contributed by atoms with Crippen LogP contribution >= 0.6 is 0 Å². The van der Waals surface area contributed by atoms with Gasteiger partial charge in [0.25, 0.3) is 0 Å². The SMILES string of the molecule is CO[C@@H]1CCN(c2cc(C3CC3c3cnc(-c4ncccn4)nc3)ccc2F)C1. The fourth-order valence-electron chi connectivity index (χ4n) is 4.13. The smallest absolute Gasteiger partial charge is 0.197 e. The Kier molecular flexibility index (Phi) is 4.67. The molecule has 148 valence electrons. The Bertz CT molecular complexity index is 998. The van der Waals surface area contributed by atoms with Gasteiger partial charge in [0.2, 0.25) is 0 Å². The number of hydrogen-bond acceptors (Lipinski definition) is 6. The molecule has 1 aromatic carbocycles. The molecule has 0 radical (unpaired) electrons. The summed E-state index contributed by atoms with van der Waals surface area (Å²) >= 11 is 0. The molecule has 5 rings (SSSR count). The van der Waals surface area contributed by atoms with Gasteiger partial charge in [-0.25, -0.2) is 24.3 Å². The van der Waals surface area contributed by atoms with Gasteiger partial charge in [0, 0.05) is 45.0 Å². The summed E-state index contributed by atoms with van der Waals surface area (Å²) in [5.41, 5.74) is 2.95. The molecule has 3 aromatic rings. The molecule has 0 amide bonds. The van der Waals surface area contributed by atoms with E-state index in [0.29, 0.717) is 29.2 Å². The Hall–Kier alpha value is -2.93. The molecule has 2 aromatic heterocycles. The highest BCUT2D eigenvalue weighted by molar-refractivity contribution is 5.53. The second-order valence-corrected chi connectivity index (χ2v) is 7.66. The molecular formula is C22H22FN5O. The van der Waals surface area contributed by atoms with Gasteiger partial charge in [0.05, 0.1) is 11.8 Å². The minimum Gasteiger partial charge on any atom is -0.380 e. The van der Waals surface area contributed by atoms with Gasteiger partial charge >= 0.3 is 0 Å². The van der Waals surface area contributed by atoms with Gasteiger partial charge in [-0.15, -0.1) is 0 Å². The van der Waals surface area contributed by atoms with Gasteiger partial charge in [-0.3, -0.25) is 0 Å². The number of benzene rings is 1. The van der Waals surface area contributed by atoms with Gasteiger partial charge in [-0.1, -0.05) is 6.07 Å². The average molecular weight is 391 g/mol. The Morgan fingerprint density at radius 1 is 1.00 bits per heavy atom. The highest BCUT2D eigenvalue weighted by Crippen LogP contribution is 2.55. The van der Waals surface area contributed by atoms with Crippen molar-refractivity contribution in [3.63, 3.8) is 0 Å². The minimum atomic E-state index is -0.168. The summed E-state index contributed by atoms with van der Waals surface area (Å²) < 4.78 is 19.9. The van der Waals surface area contributed by atoms with Gasteiger partial charge in [-0.05, 0) is 54.0 Å². The summed E-state index contributed by atoms with van der Waals surface area (Å²) in [5.74, 6) is 1.62. The van der Waals surface area contributed by atoms with E-state index < -0.39 is 0 Å². The third kappa shape index (κ3) is 3.58. The van der Waals surface area contributed by atoms with Crippen molar-refractivity contribution in [1.82, 2.24) is 19.9 Å². The van der Waals surface area contributed by atoms with Crippen molar-refractivity contribution in [3.05, 3.63) is 66.0 Å². The zero-order valence-electron chi connectivity index (χ0n) is 16.2. The maximum Gasteiger partial charge on any atom is 0.197 e. The maximum atomic E-state index is 14.4. The largest absolute Gasteiger partial charge is 0.380 e. The van der Waals surface area contributed by atoms with Crippen molar-refractivity contribution in [2.24, 2.45) is 0 Å². The fraction of sp³-hybridized carbons (Fsp3) is 0.364. The van der Waals surface area contributed by atoms with E-state index in [1.54, 1.807) is 31.6 Å². The van der Waals surface area contributed by atoms with Crippen LogP contribution in [-0.4, -0.2) is 46.2 Å². The molecule has 1 saturated heterocycles. The molecule has 2 fully saturated rings. The summed E-state index contributed by atoms with van der Waals surface area (Å²) in [6.45, 7) is 1.56. The number of halogens is 1. The van der Waals surface area contributed by atoms with Crippen LogP contribution < -0.4 is 4.90 Å². The summed E-state index contributed by atoms with van der Waals surface area (Å²) in [4.78, 5) is 19.3. The molecule has 3 atom stereocenters. The van der Waals surface area contributed by atoms with E-state index in [1.807, 2.05) is 24.5 Å². The lowest BCUT2D eigenvalue weighted by Crippen LogP contribution is -2.23. The quantitative estimate of drug-likeness (QED) is 0.663. The first-order valence-electron chi connectivity index (χ1n) is 9.89. The van der Waals surface area contributed by atoms with Crippen LogP contribution in [0.4, 0.5) is 10.1 Å². The lowest BCUT2D eigenvalue weighted by atomic mass is 10.1. The molecule has 3 heterocycles. The van der Waals surface area contributed by atoms with E-state index in [0.717, 1.165) is 31.5 Å². The Labute approximate surface area is 168 Å². The number of aromatic nitrogens is 4. The van der Waals surface area contributed by atoms with E-state index >= 15 is 0 Å². The van der Waals surface area contributed by atoms with Gasteiger partial charge in [0.15, 0.2) is 11.6 Å². The van der Waals surface area contributed by atoms with Crippen molar-refractivity contribution in [1.29, 1.82) is 0 Å². The number of ether oxygens (including phenoxy) is 1. The normalized spacial score (nSPS) is 23.4. The van der Waals surface area contributed by atoms with Gasteiger partial charge < -0.3 is 9.64 Å². The van der Waals surface area contributed by atoms with Crippen molar-refractivity contribution < 1.29 is 9.13 Å². The second kappa shape index (κ2) is 7.48. The zero-order chi connectivity index (χ0) is 19.8. The molecule has 1 aliphatic heterocycles. The van der Waals surface area contributed by atoms with E-state index in [9.17, 15) is 4.39 Å². The molecule has 7 heteroatoms. The lowest BCUT2D eigenvalue weighted by Gasteiger charge is -2.20. The lowest BCUT2D eigenvalue weighted by molar-refractivity contribution is 0.121. The van der Waals surface area contributed by atoms with Gasteiger partial charge in [-0.2, -0.15) is 0 Å². The third-order valence-corrected chi connectivity index (χ3v) is 5.87. The summed E-state index contributed by atoms with van der Waals surface area (Å²) in [6.07, 6.45) is 9.21.